The molecule has 0 N–H and O–H groups in total. The molecule has 0 aliphatic carbocycles. The summed E-state index contributed by atoms with van der Waals surface area (Å²) in [7, 11) is 0. The Morgan fingerprint density at radius 2 is 1.97 bits per heavy atom. The molecule has 0 fully saturated rings. The molecule has 170 valence electrons. The van der Waals surface area contributed by atoms with Crippen LogP contribution in [0.15, 0.2) is 35.0 Å². The molecule has 0 saturated heterocycles. The Morgan fingerprint density at radius 3 is 2.53 bits per heavy atom. The van der Waals surface area contributed by atoms with Crippen LogP contribution in [0.3, 0.4) is 0 Å². The summed E-state index contributed by atoms with van der Waals surface area (Å²) in [6.07, 6.45) is 2.71. The predicted molar refractivity (Wildman–Crippen MR) is 112 cm³/mol. The second-order valence-corrected chi connectivity index (χ2v) is 7.56. The van der Waals surface area contributed by atoms with E-state index in [1.54, 1.807) is 24.1 Å². The number of carbonyl (C=O) groups is 1. The van der Waals surface area contributed by atoms with E-state index in [2.05, 4.69) is 20.2 Å². The van der Waals surface area contributed by atoms with E-state index >= 15 is 0 Å². The molecule has 3 aromatic heterocycles. The van der Waals surface area contributed by atoms with Crippen molar-refractivity contribution in [1.82, 2.24) is 25.1 Å². The molecule has 3 rings (SSSR count). The lowest BCUT2D eigenvalue weighted by atomic mass is 10.1. The Hall–Kier alpha value is -3.43. The molecular weight excluding hydrogens is 420 g/mol. The lowest BCUT2D eigenvalue weighted by molar-refractivity contribution is 0.0169. The molecule has 0 unspecified atom stereocenters. The number of pyridine rings is 2. The summed E-state index contributed by atoms with van der Waals surface area (Å²) in [5.41, 5.74) is 1.27. The number of ether oxygens (including phenoxy) is 1. The minimum absolute atomic E-state index is 0.128. The van der Waals surface area contributed by atoms with Crippen LogP contribution in [0.4, 0.5) is 8.78 Å². The van der Waals surface area contributed by atoms with Gasteiger partial charge in [0.1, 0.15) is 12.3 Å². The molecule has 8 nitrogen and oxygen atoms in total. The van der Waals surface area contributed by atoms with E-state index in [1.165, 1.54) is 12.1 Å². The standard InChI is InChI=1S/C22H25F2N5O3/c1-6-29(14(3)12-31-18-8-7-16(11-25-18)22(5,23)24)21(30)17-9-13(2)10-26-19(17)20-28-27-15(4)32-20/h7-11,14H,6,12H2,1-5H3/t14-/m0/s1. The van der Waals surface area contributed by atoms with E-state index in [1.807, 2.05) is 20.8 Å². The first kappa shape index (κ1) is 23.2. The van der Waals surface area contributed by atoms with Crippen molar-refractivity contribution in [1.29, 1.82) is 0 Å². The van der Waals surface area contributed by atoms with Gasteiger partial charge >= 0.3 is 0 Å². The molecule has 10 heteroatoms. The predicted octanol–water partition coefficient (Wildman–Crippen LogP) is 4.18. The highest BCUT2D eigenvalue weighted by atomic mass is 19.3. The van der Waals surface area contributed by atoms with Gasteiger partial charge in [-0.25, -0.2) is 18.7 Å². The van der Waals surface area contributed by atoms with Crippen molar-refractivity contribution in [2.45, 2.75) is 46.6 Å². The average Bonchev–Trinajstić information content (AvgIpc) is 3.18. The van der Waals surface area contributed by atoms with E-state index < -0.39 is 5.92 Å². The molecule has 0 aromatic carbocycles. The molecule has 0 radical (unpaired) electrons. The van der Waals surface area contributed by atoms with Crippen molar-refractivity contribution in [3.05, 3.63) is 53.2 Å². The Morgan fingerprint density at radius 1 is 1.22 bits per heavy atom. The molecule has 0 saturated carbocycles. The zero-order valence-electron chi connectivity index (χ0n) is 18.6. The van der Waals surface area contributed by atoms with Gasteiger partial charge in [0.05, 0.1) is 11.6 Å². The molecule has 32 heavy (non-hydrogen) atoms. The summed E-state index contributed by atoms with van der Waals surface area (Å²) in [5.74, 6) is -2.50. The quantitative estimate of drug-likeness (QED) is 0.513. The van der Waals surface area contributed by atoms with Crippen LogP contribution in [0.1, 0.15) is 48.1 Å². The minimum Gasteiger partial charge on any atom is -0.475 e. The highest BCUT2D eigenvalue weighted by molar-refractivity contribution is 5.99. The van der Waals surface area contributed by atoms with E-state index in [0.717, 1.165) is 18.7 Å². The molecule has 0 aliphatic rings. The normalized spacial score (nSPS) is 12.5. The summed E-state index contributed by atoms with van der Waals surface area (Å²) in [6.45, 7) is 8.52. The van der Waals surface area contributed by atoms with Gasteiger partial charge in [0.15, 0.2) is 0 Å². The van der Waals surface area contributed by atoms with E-state index in [9.17, 15) is 13.6 Å². The lowest BCUT2D eigenvalue weighted by Crippen LogP contribution is -2.42. The Labute approximate surface area is 184 Å². The topological polar surface area (TPSA) is 94.2 Å². The molecule has 3 aromatic rings. The van der Waals surface area contributed by atoms with Crippen LogP contribution in [0.25, 0.3) is 11.6 Å². The first-order valence-electron chi connectivity index (χ1n) is 10.2. The van der Waals surface area contributed by atoms with Crippen molar-refractivity contribution in [3.8, 4) is 17.5 Å². The minimum atomic E-state index is -2.97. The molecular formula is C22H25F2N5O3. The lowest BCUT2D eigenvalue weighted by Gasteiger charge is -2.28. The van der Waals surface area contributed by atoms with Crippen LogP contribution in [0, 0.1) is 13.8 Å². The summed E-state index contributed by atoms with van der Waals surface area (Å²) in [6, 6.07) is 4.05. The average molecular weight is 445 g/mol. The zero-order chi connectivity index (χ0) is 23.5. The maximum Gasteiger partial charge on any atom is 0.272 e. The fourth-order valence-corrected chi connectivity index (χ4v) is 3.13. The number of aromatic nitrogens is 4. The highest BCUT2D eigenvalue weighted by Crippen LogP contribution is 2.27. The van der Waals surface area contributed by atoms with Crippen LogP contribution >= 0.6 is 0 Å². The number of amides is 1. The monoisotopic (exact) mass is 445 g/mol. The summed E-state index contributed by atoms with van der Waals surface area (Å²) in [5, 5.41) is 7.80. The SMILES string of the molecule is CCN(C(=O)c1cc(C)cnc1-c1nnc(C)o1)[C@@H](C)COc1ccc(C(C)(F)F)cn1. The first-order chi connectivity index (χ1) is 15.1. The van der Waals surface area contributed by atoms with Gasteiger partial charge in [-0.15, -0.1) is 10.2 Å². The Balaban J connectivity index is 1.76. The fourth-order valence-electron chi connectivity index (χ4n) is 3.13. The number of halogens is 2. The van der Waals surface area contributed by atoms with Crippen LogP contribution in [0.5, 0.6) is 5.88 Å². The summed E-state index contributed by atoms with van der Waals surface area (Å²) in [4.78, 5) is 23.3. The second-order valence-electron chi connectivity index (χ2n) is 7.56. The van der Waals surface area contributed by atoms with E-state index in [4.69, 9.17) is 9.15 Å². The number of hydrogen-bond donors (Lipinski definition) is 0. The fraction of sp³-hybridized carbons (Fsp3) is 0.409. The van der Waals surface area contributed by atoms with Crippen molar-refractivity contribution in [2.75, 3.05) is 13.2 Å². The summed E-state index contributed by atoms with van der Waals surface area (Å²) < 4.78 is 37.8. The second kappa shape index (κ2) is 9.37. The van der Waals surface area contributed by atoms with Gasteiger partial charge in [0, 0.05) is 44.4 Å². The third-order valence-corrected chi connectivity index (χ3v) is 4.83. The van der Waals surface area contributed by atoms with Crippen LogP contribution in [-0.2, 0) is 5.92 Å². The smallest absolute Gasteiger partial charge is 0.272 e. The molecule has 0 aliphatic heterocycles. The molecule has 0 bridgehead atoms. The molecule has 1 atom stereocenters. The summed E-state index contributed by atoms with van der Waals surface area (Å²) >= 11 is 0. The number of rotatable bonds is 8. The van der Waals surface area contributed by atoms with Crippen LogP contribution < -0.4 is 4.74 Å². The number of carbonyl (C=O) groups excluding carboxylic acids is 1. The molecule has 1 amide bonds. The largest absolute Gasteiger partial charge is 0.475 e. The van der Waals surface area contributed by atoms with E-state index in [0.29, 0.717) is 23.7 Å². The van der Waals surface area contributed by atoms with Crippen molar-refractivity contribution >= 4 is 5.91 Å². The molecule has 0 spiro atoms. The van der Waals surface area contributed by atoms with Gasteiger partial charge in [0.25, 0.3) is 17.7 Å². The number of alkyl halides is 2. The number of likely N-dealkylation sites (N-methyl/N-ethyl adjacent to an activating group) is 1. The van der Waals surface area contributed by atoms with Gasteiger partial charge in [-0.1, -0.05) is 0 Å². The van der Waals surface area contributed by atoms with Gasteiger partial charge < -0.3 is 14.1 Å². The van der Waals surface area contributed by atoms with Crippen LogP contribution in [-0.4, -0.2) is 50.2 Å². The third-order valence-electron chi connectivity index (χ3n) is 4.83. The van der Waals surface area contributed by atoms with Crippen molar-refractivity contribution in [3.63, 3.8) is 0 Å². The highest BCUT2D eigenvalue weighted by Gasteiger charge is 2.27. The van der Waals surface area contributed by atoms with Gasteiger partial charge in [-0.3, -0.25) is 4.79 Å². The van der Waals surface area contributed by atoms with Gasteiger partial charge in [-0.2, -0.15) is 0 Å². The number of nitrogens with zero attached hydrogens (tertiary/aromatic N) is 5. The van der Waals surface area contributed by atoms with Crippen molar-refractivity contribution < 1.29 is 22.7 Å². The van der Waals surface area contributed by atoms with Crippen molar-refractivity contribution in [2.24, 2.45) is 0 Å². The number of hydrogen-bond acceptors (Lipinski definition) is 7. The Kier molecular flexibility index (Phi) is 6.81. The number of aryl methyl sites for hydroxylation is 2. The zero-order valence-corrected chi connectivity index (χ0v) is 18.6. The maximum absolute atomic E-state index is 13.4. The van der Waals surface area contributed by atoms with Crippen LogP contribution in [0.2, 0.25) is 0 Å². The Bertz CT molecular complexity index is 1080. The van der Waals surface area contributed by atoms with Gasteiger partial charge in [0.2, 0.25) is 11.8 Å². The van der Waals surface area contributed by atoms with E-state index in [-0.39, 0.29) is 35.9 Å². The molecule has 3 heterocycles. The maximum atomic E-state index is 13.4. The third kappa shape index (κ3) is 5.24. The van der Waals surface area contributed by atoms with Gasteiger partial charge in [-0.05, 0) is 38.5 Å². The first-order valence-corrected chi connectivity index (χ1v) is 10.2.